The number of thiazole rings is 1. The predicted octanol–water partition coefficient (Wildman–Crippen LogP) is 4.48. The summed E-state index contributed by atoms with van der Waals surface area (Å²) >= 11 is 2.53. The molecule has 2 aromatic heterocycles. The molecule has 0 radical (unpaired) electrons. The number of nitro benzene ring substituents is 1. The third kappa shape index (κ3) is 4.65. The van der Waals surface area contributed by atoms with Crippen LogP contribution in [0.4, 0.5) is 5.69 Å². The summed E-state index contributed by atoms with van der Waals surface area (Å²) in [7, 11) is 0. The Bertz CT molecular complexity index is 1350. The minimum Gasteiger partial charge on any atom is -0.456 e. The minimum atomic E-state index is -0.733. The highest BCUT2D eigenvalue weighted by Crippen LogP contribution is 2.35. The smallest absolute Gasteiger partial charge is 0.338 e. The third-order valence-corrected chi connectivity index (χ3v) is 6.18. The number of esters is 1. The Morgan fingerprint density at radius 2 is 2.00 bits per heavy atom. The summed E-state index contributed by atoms with van der Waals surface area (Å²) in [6.07, 6.45) is 1.61. The van der Waals surface area contributed by atoms with Gasteiger partial charge in [0.25, 0.3) is 11.2 Å². The fourth-order valence-corrected chi connectivity index (χ4v) is 4.43. The van der Waals surface area contributed by atoms with E-state index in [9.17, 15) is 19.7 Å². The molecule has 2 heterocycles. The van der Waals surface area contributed by atoms with Crippen LogP contribution >= 0.6 is 23.1 Å². The van der Waals surface area contributed by atoms with Crippen LogP contribution in [-0.4, -0.2) is 20.3 Å². The highest BCUT2D eigenvalue weighted by atomic mass is 32.2. The number of fused-ring (bicyclic) bond motifs is 1. The van der Waals surface area contributed by atoms with E-state index < -0.39 is 10.9 Å². The first-order chi connectivity index (χ1) is 14.9. The van der Waals surface area contributed by atoms with E-state index >= 15 is 0 Å². The van der Waals surface area contributed by atoms with Crippen molar-refractivity contribution < 1.29 is 14.5 Å². The maximum atomic E-state index is 12.4. The average molecular weight is 454 g/mol. The molecule has 4 rings (SSSR count). The molecule has 10 heteroatoms. The maximum Gasteiger partial charge on any atom is 0.338 e. The van der Waals surface area contributed by atoms with Gasteiger partial charge in [-0.3, -0.25) is 19.3 Å². The molecule has 4 aromatic rings. The molecule has 0 amide bonds. The number of rotatable bonds is 6. The van der Waals surface area contributed by atoms with Crippen molar-refractivity contribution in [2.75, 3.05) is 0 Å². The van der Waals surface area contributed by atoms with Gasteiger partial charge in [-0.05, 0) is 31.2 Å². The van der Waals surface area contributed by atoms with E-state index in [1.807, 2.05) is 31.2 Å². The first-order valence-corrected chi connectivity index (χ1v) is 10.8. The van der Waals surface area contributed by atoms with Crippen LogP contribution in [0.1, 0.15) is 21.6 Å². The Morgan fingerprint density at radius 1 is 1.23 bits per heavy atom. The molecule has 0 spiro atoms. The van der Waals surface area contributed by atoms with E-state index in [-0.39, 0.29) is 23.4 Å². The van der Waals surface area contributed by atoms with Gasteiger partial charge < -0.3 is 4.74 Å². The Labute approximate surface area is 184 Å². The van der Waals surface area contributed by atoms with Crippen molar-refractivity contribution in [2.45, 2.75) is 23.3 Å². The van der Waals surface area contributed by atoms with Crippen LogP contribution in [0.25, 0.3) is 4.96 Å². The Kier molecular flexibility index (Phi) is 5.83. The van der Waals surface area contributed by atoms with Crippen LogP contribution in [0.15, 0.2) is 74.7 Å². The van der Waals surface area contributed by atoms with Gasteiger partial charge in [-0.15, -0.1) is 11.3 Å². The average Bonchev–Trinajstić information content (AvgIpc) is 3.23. The Balaban J connectivity index is 1.52. The fraction of sp³-hybridized carbons (Fsp3) is 0.0952. The fourth-order valence-electron chi connectivity index (χ4n) is 2.79. The molecule has 0 unspecified atom stereocenters. The van der Waals surface area contributed by atoms with Crippen LogP contribution in [0.2, 0.25) is 0 Å². The minimum absolute atomic E-state index is 0.0499. The number of carbonyl (C=O) groups is 1. The lowest BCUT2D eigenvalue weighted by atomic mass is 10.2. The van der Waals surface area contributed by atoms with Crippen molar-refractivity contribution in [3.8, 4) is 0 Å². The van der Waals surface area contributed by atoms with Crippen LogP contribution < -0.4 is 5.56 Å². The van der Waals surface area contributed by atoms with Gasteiger partial charge in [0.05, 0.1) is 21.1 Å². The van der Waals surface area contributed by atoms with E-state index in [2.05, 4.69) is 4.98 Å². The topological polar surface area (TPSA) is 104 Å². The van der Waals surface area contributed by atoms with Gasteiger partial charge >= 0.3 is 5.97 Å². The summed E-state index contributed by atoms with van der Waals surface area (Å²) in [4.78, 5) is 41.5. The summed E-state index contributed by atoms with van der Waals surface area (Å²) in [5, 5.41) is 13.3. The Morgan fingerprint density at radius 3 is 2.74 bits per heavy atom. The Hall–Kier alpha value is -3.50. The van der Waals surface area contributed by atoms with E-state index in [4.69, 9.17) is 4.74 Å². The quantitative estimate of drug-likeness (QED) is 0.241. The predicted molar refractivity (Wildman–Crippen MR) is 117 cm³/mol. The van der Waals surface area contributed by atoms with E-state index in [1.165, 1.54) is 51.8 Å². The van der Waals surface area contributed by atoms with Crippen molar-refractivity contribution in [1.82, 2.24) is 9.38 Å². The molecule has 0 atom stereocenters. The SMILES string of the molecule is Cc1ccc(Sc2ccc(C(=O)OCc3cc(=O)n4ccsc4n3)cc2[N+](=O)[O-])cc1. The zero-order valence-corrected chi connectivity index (χ0v) is 17.8. The van der Waals surface area contributed by atoms with Crippen LogP contribution in [0.3, 0.4) is 0 Å². The number of nitro groups is 1. The van der Waals surface area contributed by atoms with Crippen molar-refractivity contribution in [3.05, 3.63) is 97.4 Å². The lowest BCUT2D eigenvalue weighted by Crippen LogP contribution is -2.14. The maximum absolute atomic E-state index is 12.4. The zero-order chi connectivity index (χ0) is 22.0. The number of aryl methyl sites for hydroxylation is 1. The summed E-state index contributed by atoms with van der Waals surface area (Å²) in [5.41, 5.74) is 0.991. The number of hydrogen-bond donors (Lipinski definition) is 0. The molecule has 0 bridgehead atoms. The third-order valence-electron chi connectivity index (χ3n) is 4.35. The van der Waals surface area contributed by atoms with Gasteiger partial charge in [0.1, 0.15) is 6.61 Å². The summed E-state index contributed by atoms with van der Waals surface area (Å²) in [6, 6.07) is 13.1. The van der Waals surface area contributed by atoms with E-state index in [0.29, 0.717) is 15.6 Å². The van der Waals surface area contributed by atoms with Gasteiger partial charge in [-0.2, -0.15) is 0 Å². The van der Waals surface area contributed by atoms with Crippen molar-refractivity contribution in [3.63, 3.8) is 0 Å². The van der Waals surface area contributed by atoms with Crippen molar-refractivity contribution in [1.29, 1.82) is 0 Å². The van der Waals surface area contributed by atoms with Crippen LogP contribution in [0.5, 0.6) is 0 Å². The standard InChI is InChI=1S/C21H15N3O5S2/c1-13-2-5-16(6-3-13)31-18-7-4-14(10-17(18)24(27)28)20(26)29-12-15-11-19(25)23-8-9-30-21(23)22-15/h2-11H,12H2,1H3. The van der Waals surface area contributed by atoms with Gasteiger partial charge in [0, 0.05) is 28.6 Å². The van der Waals surface area contributed by atoms with Gasteiger partial charge in [-0.25, -0.2) is 9.78 Å². The number of carbonyl (C=O) groups excluding carboxylic acids is 1. The summed E-state index contributed by atoms with van der Waals surface area (Å²) in [5.74, 6) is -0.733. The molecule has 2 aromatic carbocycles. The van der Waals surface area contributed by atoms with Crippen molar-refractivity contribution in [2.24, 2.45) is 0 Å². The van der Waals surface area contributed by atoms with E-state index in [0.717, 1.165) is 10.5 Å². The highest BCUT2D eigenvalue weighted by Gasteiger charge is 2.19. The number of benzene rings is 2. The monoisotopic (exact) mass is 453 g/mol. The second-order valence-corrected chi connectivity index (χ2v) is 8.56. The molecule has 0 aliphatic rings. The summed E-state index contributed by atoms with van der Waals surface area (Å²) < 4.78 is 6.62. The largest absolute Gasteiger partial charge is 0.456 e. The highest BCUT2D eigenvalue weighted by molar-refractivity contribution is 7.99. The molecule has 0 aliphatic heterocycles. The molecule has 0 saturated carbocycles. The van der Waals surface area contributed by atoms with Crippen molar-refractivity contribution >= 4 is 39.7 Å². The number of aromatic nitrogens is 2. The van der Waals surface area contributed by atoms with E-state index in [1.54, 1.807) is 11.6 Å². The lowest BCUT2D eigenvalue weighted by molar-refractivity contribution is -0.387. The first-order valence-electron chi connectivity index (χ1n) is 9.06. The van der Waals surface area contributed by atoms with Gasteiger partial charge in [0.2, 0.25) is 0 Å². The molecular formula is C21H15N3O5S2. The summed E-state index contributed by atoms with van der Waals surface area (Å²) in [6.45, 7) is 1.75. The second kappa shape index (κ2) is 8.70. The molecular weight excluding hydrogens is 438 g/mol. The zero-order valence-electron chi connectivity index (χ0n) is 16.2. The van der Waals surface area contributed by atoms with Crippen LogP contribution in [0, 0.1) is 17.0 Å². The number of ether oxygens (including phenoxy) is 1. The van der Waals surface area contributed by atoms with Gasteiger partial charge in [-0.1, -0.05) is 29.5 Å². The molecule has 0 saturated heterocycles. The number of nitrogens with zero attached hydrogens (tertiary/aromatic N) is 3. The molecule has 0 N–H and O–H groups in total. The number of hydrogen-bond acceptors (Lipinski definition) is 8. The molecule has 8 nitrogen and oxygen atoms in total. The molecule has 31 heavy (non-hydrogen) atoms. The second-order valence-electron chi connectivity index (χ2n) is 6.57. The first kappa shape index (κ1) is 20.8. The van der Waals surface area contributed by atoms with Crippen LogP contribution in [-0.2, 0) is 11.3 Å². The lowest BCUT2D eigenvalue weighted by Gasteiger charge is -2.07. The molecule has 156 valence electrons. The normalized spacial score (nSPS) is 10.9. The van der Waals surface area contributed by atoms with Gasteiger partial charge in [0.15, 0.2) is 4.96 Å². The molecule has 0 fully saturated rings. The molecule has 0 aliphatic carbocycles.